The lowest BCUT2D eigenvalue weighted by Crippen LogP contribution is -2.11. The summed E-state index contributed by atoms with van der Waals surface area (Å²) >= 11 is 0. The van der Waals surface area contributed by atoms with Gasteiger partial charge in [0.2, 0.25) is 0 Å². The second kappa shape index (κ2) is 5.94. The van der Waals surface area contributed by atoms with Gasteiger partial charge >= 0.3 is 5.97 Å². The molecule has 0 amide bonds. The van der Waals surface area contributed by atoms with Gasteiger partial charge < -0.3 is 10.1 Å². The van der Waals surface area contributed by atoms with Gasteiger partial charge in [-0.15, -0.1) is 10.2 Å². The van der Waals surface area contributed by atoms with Gasteiger partial charge in [-0.2, -0.15) is 5.10 Å². The summed E-state index contributed by atoms with van der Waals surface area (Å²) in [4.78, 5) is 11.2. The number of aromatic nitrogens is 4. The second-order valence-corrected chi connectivity index (χ2v) is 3.92. The second-order valence-electron chi connectivity index (χ2n) is 3.92. The standard InChI is InChI=1S/C12H15N5O2/c1-17-9(6-8-14-17)5-7-13-11-4-3-10(15-16-11)12(18)19-2/h3-4,6,8H,5,7H2,1-2H3,(H,13,16). The predicted molar refractivity (Wildman–Crippen MR) is 68.8 cm³/mol. The average molecular weight is 261 g/mol. The Morgan fingerprint density at radius 3 is 2.79 bits per heavy atom. The summed E-state index contributed by atoms with van der Waals surface area (Å²) in [5.74, 6) is 0.128. The van der Waals surface area contributed by atoms with Crippen molar-refractivity contribution in [1.29, 1.82) is 0 Å². The molecule has 0 unspecified atom stereocenters. The number of methoxy groups -OCH3 is 1. The van der Waals surface area contributed by atoms with Gasteiger partial charge in [0, 0.05) is 31.9 Å². The molecule has 0 aliphatic carbocycles. The molecule has 19 heavy (non-hydrogen) atoms. The molecule has 2 aromatic rings. The third kappa shape index (κ3) is 3.27. The van der Waals surface area contributed by atoms with Crippen LogP contribution in [-0.2, 0) is 18.2 Å². The Kier molecular flexibility index (Phi) is 4.07. The van der Waals surface area contributed by atoms with Gasteiger partial charge in [0.1, 0.15) is 5.82 Å². The molecule has 1 N–H and O–H groups in total. The molecule has 2 aromatic heterocycles. The van der Waals surface area contributed by atoms with Crippen LogP contribution in [0.5, 0.6) is 0 Å². The highest BCUT2D eigenvalue weighted by molar-refractivity contribution is 5.86. The molecule has 0 spiro atoms. The number of rotatable bonds is 5. The van der Waals surface area contributed by atoms with Crippen molar-refractivity contribution in [2.45, 2.75) is 6.42 Å². The highest BCUT2D eigenvalue weighted by Gasteiger charge is 2.07. The summed E-state index contributed by atoms with van der Waals surface area (Å²) in [6.45, 7) is 0.714. The van der Waals surface area contributed by atoms with Crippen LogP contribution in [0.1, 0.15) is 16.2 Å². The lowest BCUT2D eigenvalue weighted by atomic mass is 10.3. The summed E-state index contributed by atoms with van der Waals surface area (Å²) in [6.07, 6.45) is 2.59. The lowest BCUT2D eigenvalue weighted by Gasteiger charge is -2.05. The lowest BCUT2D eigenvalue weighted by molar-refractivity contribution is 0.0593. The molecule has 0 aromatic carbocycles. The van der Waals surface area contributed by atoms with Crippen LogP contribution in [-0.4, -0.2) is 39.6 Å². The molecule has 7 heteroatoms. The molecule has 0 saturated heterocycles. The molecular weight excluding hydrogens is 246 g/mol. The number of aryl methyl sites for hydroxylation is 1. The zero-order chi connectivity index (χ0) is 13.7. The van der Waals surface area contributed by atoms with Crippen LogP contribution in [0.25, 0.3) is 0 Å². The number of carbonyl (C=O) groups is 1. The summed E-state index contributed by atoms with van der Waals surface area (Å²) < 4.78 is 6.37. The fourth-order valence-electron chi connectivity index (χ4n) is 1.61. The van der Waals surface area contributed by atoms with Crippen LogP contribution in [0, 0.1) is 0 Å². The van der Waals surface area contributed by atoms with E-state index in [1.807, 2.05) is 17.8 Å². The number of nitrogens with zero attached hydrogens (tertiary/aromatic N) is 4. The first-order valence-electron chi connectivity index (χ1n) is 5.83. The predicted octanol–water partition coefficient (Wildman–Crippen LogP) is 0.651. The molecule has 2 rings (SSSR count). The van der Waals surface area contributed by atoms with Gasteiger partial charge in [-0.05, 0) is 18.2 Å². The largest absolute Gasteiger partial charge is 0.464 e. The van der Waals surface area contributed by atoms with Gasteiger partial charge in [-0.3, -0.25) is 4.68 Å². The maximum atomic E-state index is 11.2. The molecule has 0 bridgehead atoms. The van der Waals surface area contributed by atoms with Gasteiger partial charge in [0.15, 0.2) is 5.69 Å². The summed E-state index contributed by atoms with van der Waals surface area (Å²) in [5, 5.41) is 14.9. The maximum Gasteiger partial charge on any atom is 0.358 e. The van der Waals surface area contributed by atoms with Crippen LogP contribution < -0.4 is 5.32 Å². The van der Waals surface area contributed by atoms with E-state index in [-0.39, 0.29) is 5.69 Å². The van der Waals surface area contributed by atoms with E-state index < -0.39 is 5.97 Å². The van der Waals surface area contributed by atoms with Crippen LogP contribution in [0.15, 0.2) is 24.4 Å². The summed E-state index contributed by atoms with van der Waals surface area (Å²) in [5.41, 5.74) is 1.33. The Hall–Kier alpha value is -2.44. The summed E-state index contributed by atoms with van der Waals surface area (Å²) in [7, 11) is 3.21. The van der Waals surface area contributed by atoms with E-state index in [4.69, 9.17) is 0 Å². The van der Waals surface area contributed by atoms with Gasteiger partial charge in [0.25, 0.3) is 0 Å². The minimum atomic E-state index is -0.492. The molecular formula is C12H15N5O2. The quantitative estimate of drug-likeness (QED) is 0.796. The fourth-order valence-corrected chi connectivity index (χ4v) is 1.61. The van der Waals surface area contributed by atoms with Crippen LogP contribution in [0.4, 0.5) is 5.82 Å². The smallest absolute Gasteiger partial charge is 0.358 e. The summed E-state index contributed by atoms with van der Waals surface area (Å²) in [6, 6.07) is 5.24. The van der Waals surface area contributed by atoms with Crippen molar-refractivity contribution in [3.05, 3.63) is 35.8 Å². The first-order valence-corrected chi connectivity index (χ1v) is 5.83. The van der Waals surface area contributed by atoms with Crippen molar-refractivity contribution in [3.8, 4) is 0 Å². The first-order chi connectivity index (χ1) is 9.20. The molecule has 100 valence electrons. The van der Waals surface area contributed by atoms with Crippen molar-refractivity contribution in [1.82, 2.24) is 20.0 Å². The van der Waals surface area contributed by atoms with E-state index in [2.05, 4.69) is 25.3 Å². The third-order valence-electron chi connectivity index (χ3n) is 2.67. The van der Waals surface area contributed by atoms with Crippen LogP contribution in [0.2, 0.25) is 0 Å². The number of esters is 1. The number of hydrogen-bond donors (Lipinski definition) is 1. The molecule has 0 saturated carbocycles. The van der Waals surface area contributed by atoms with Gasteiger partial charge in [-0.1, -0.05) is 0 Å². The minimum absolute atomic E-state index is 0.194. The number of hydrogen-bond acceptors (Lipinski definition) is 6. The van der Waals surface area contributed by atoms with E-state index in [0.29, 0.717) is 12.4 Å². The van der Waals surface area contributed by atoms with Crippen molar-refractivity contribution in [2.75, 3.05) is 19.0 Å². The van der Waals surface area contributed by atoms with E-state index in [9.17, 15) is 4.79 Å². The van der Waals surface area contributed by atoms with Crippen molar-refractivity contribution in [2.24, 2.45) is 7.05 Å². The third-order valence-corrected chi connectivity index (χ3v) is 2.67. The van der Waals surface area contributed by atoms with E-state index in [1.165, 1.54) is 7.11 Å². The highest BCUT2D eigenvalue weighted by Crippen LogP contribution is 2.04. The molecule has 7 nitrogen and oxygen atoms in total. The zero-order valence-corrected chi connectivity index (χ0v) is 10.8. The van der Waals surface area contributed by atoms with Gasteiger partial charge in [0.05, 0.1) is 7.11 Å². The van der Waals surface area contributed by atoms with Crippen LogP contribution >= 0.6 is 0 Å². The number of ether oxygens (including phenoxy) is 1. The van der Waals surface area contributed by atoms with Crippen molar-refractivity contribution in [3.63, 3.8) is 0 Å². The van der Waals surface area contributed by atoms with Crippen molar-refractivity contribution >= 4 is 11.8 Å². The number of nitrogens with one attached hydrogen (secondary N) is 1. The monoisotopic (exact) mass is 261 g/mol. The van der Waals surface area contributed by atoms with Gasteiger partial charge in [-0.25, -0.2) is 4.79 Å². The van der Waals surface area contributed by atoms with Crippen molar-refractivity contribution < 1.29 is 9.53 Å². The zero-order valence-electron chi connectivity index (χ0n) is 10.8. The Balaban J connectivity index is 1.86. The molecule has 0 aliphatic heterocycles. The molecule has 0 atom stereocenters. The Bertz CT molecular complexity index is 550. The maximum absolute atomic E-state index is 11.2. The molecule has 0 fully saturated rings. The normalized spacial score (nSPS) is 10.2. The SMILES string of the molecule is COC(=O)c1ccc(NCCc2ccnn2C)nn1. The minimum Gasteiger partial charge on any atom is -0.464 e. The van der Waals surface area contributed by atoms with Crippen LogP contribution in [0.3, 0.4) is 0 Å². The molecule has 0 radical (unpaired) electrons. The van der Waals surface area contributed by atoms with E-state index in [0.717, 1.165) is 12.1 Å². The Morgan fingerprint density at radius 2 is 2.21 bits per heavy atom. The fraction of sp³-hybridized carbons (Fsp3) is 0.333. The molecule has 0 aliphatic rings. The topological polar surface area (TPSA) is 81.9 Å². The van der Waals surface area contributed by atoms with E-state index in [1.54, 1.807) is 18.3 Å². The number of carbonyl (C=O) groups excluding carboxylic acids is 1. The van der Waals surface area contributed by atoms with E-state index >= 15 is 0 Å². The highest BCUT2D eigenvalue weighted by atomic mass is 16.5. The molecule has 2 heterocycles. The Morgan fingerprint density at radius 1 is 1.37 bits per heavy atom. The Labute approximate surface area is 110 Å². The number of anilines is 1. The average Bonchev–Trinajstić information content (AvgIpc) is 2.84. The first kappa shape index (κ1) is 13.0.